The van der Waals surface area contributed by atoms with Gasteiger partial charge in [0.15, 0.2) is 0 Å². The van der Waals surface area contributed by atoms with Gasteiger partial charge >= 0.3 is 0 Å². The molecule has 0 bridgehead atoms. The van der Waals surface area contributed by atoms with E-state index < -0.39 is 10.0 Å². The average Bonchev–Trinajstić information content (AvgIpc) is 3.23. The van der Waals surface area contributed by atoms with Crippen molar-refractivity contribution in [2.75, 3.05) is 39.3 Å². The molecule has 2 aliphatic rings. The van der Waals surface area contributed by atoms with Crippen LogP contribution in [0.25, 0.3) is 10.1 Å². The Morgan fingerprint density at radius 2 is 2.00 bits per heavy atom. The summed E-state index contributed by atoms with van der Waals surface area (Å²) in [5.74, 6) is 0. The van der Waals surface area contributed by atoms with Crippen LogP contribution in [0.2, 0.25) is 5.02 Å². The molecule has 0 aliphatic carbocycles. The smallest absolute Gasteiger partial charge is 0.244 e. The first kappa shape index (κ1) is 16.8. The maximum Gasteiger partial charge on any atom is 0.244 e. The maximum absolute atomic E-state index is 13.1. The molecular weight excluding hydrogens is 366 g/mol. The molecule has 1 unspecified atom stereocenters. The van der Waals surface area contributed by atoms with Crippen molar-refractivity contribution < 1.29 is 8.42 Å². The minimum atomic E-state index is -3.47. The van der Waals surface area contributed by atoms with Gasteiger partial charge in [0.25, 0.3) is 0 Å². The van der Waals surface area contributed by atoms with Crippen LogP contribution in [0.4, 0.5) is 0 Å². The summed E-state index contributed by atoms with van der Waals surface area (Å²) in [6.07, 6.45) is 0.905. The normalized spacial score (nSPS) is 24.0. The number of sulfonamides is 1. The molecule has 0 radical (unpaired) electrons. The Hall–Kier alpha value is -0.700. The monoisotopic (exact) mass is 385 g/mol. The molecular formula is C16H20ClN3O2S2. The second kappa shape index (κ2) is 6.55. The fourth-order valence-electron chi connectivity index (χ4n) is 3.59. The molecule has 3 heterocycles. The third kappa shape index (κ3) is 2.98. The first-order valence-electron chi connectivity index (χ1n) is 8.17. The Labute approximate surface area is 151 Å². The van der Waals surface area contributed by atoms with Gasteiger partial charge in [0.2, 0.25) is 10.0 Å². The van der Waals surface area contributed by atoms with E-state index in [2.05, 4.69) is 10.2 Å². The SMILES string of the molecule is O=S(=O)(c1csc2ccc(Cl)cc12)N1CCC(N2CCNCC2)C1. The number of benzene rings is 1. The molecule has 2 fully saturated rings. The molecule has 4 rings (SSSR count). The third-order valence-corrected chi connectivity index (χ3v) is 8.16. The Morgan fingerprint density at radius 3 is 2.79 bits per heavy atom. The fourth-order valence-corrected chi connectivity index (χ4v) is 6.70. The Bertz CT molecular complexity index is 846. The largest absolute Gasteiger partial charge is 0.314 e. The van der Waals surface area contributed by atoms with E-state index >= 15 is 0 Å². The van der Waals surface area contributed by atoms with Crippen molar-refractivity contribution in [1.82, 2.24) is 14.5 Å². The summed E-state index contributed by atoms with van der Waals surface area (Å²) < 4.78 is 28.8. The number of piperazine rings is 1. The van der Waals surface area contributed by atoms with Crippen LogP contribution in [0, 0.1) is 0 Å². The minimum Gasteiger partial charge on any atom is -0.314 e. The van der Waals surface area contributed by atoms with Gasteiger partial charge in [-0.05, 0) is 24.6 Å². The first-order valence-corrected chi connectivity index (χ1v) is 10.9. The molecule has 5 nitrogen and oxygen atoms in total. The zero-order valence-electron chi connectivity index (χ0n) is 13.2. The molecule has 2 saturated heterocycles. The Balaban J connectivity index is 1.59. The maximum atomic E-state index is 13.1. The molecule has 0 amide bonds. The topological polar surface area (TPSA) is 52.7 Å². The first-order chi connectivity index (χ1) is 11.6. The lowest BCUT2D eigenvalue weighted by molar-refractivity contribution is 0.179. The molecule has 1 aromatic heterocycles. The summed E-state index contributed by atoms with van der Waals surface area (Å²) in [6.45, 7) is 5.13. The number of rotatable bonds is 3. The molecule has 24 heavy (non-hydrogen) atoms. The van der Waals surface area contributed by atoms with Gasteiger partial charge in [0.05, 0.1) is 0 Å². The highest BCUT2D eigenvalue weighted by molar-refractivity contribution is 7.89. The lowest BCUT2D eigenvalue weighted by atomic mass is 10.2. The average molecular weight is 386 g/mol. The van der Waals surface area contributed by atoms with Crippen molar-refractivity contribution >= 4 is 43.0 Å². The second-order valence-corrected chi connectivity index (χ2v) is 9.59. The van der Waals surface area contributed by atoms with Gasteiger partial charge in [0, 0.05) is 65.8 Å². The predicted octanol–water partition coefficient (Wildman–Crippen LogP) is 2.22. The summed E-state index contributed by atoms with van der Waals surface area (Å²) in [4.78, 5) is 2.81. The highest BCUT2D eigenvalue weighted by atomic mass is 35.5. The zero-order chi connectivity index (χ0) is 16.7. The molecule has 130 valence electrons. The van der Waals surface area contributed by atoms with Gasteiger partial charge in [-0.15, -0.1) is 11.3 Å². The van der Waals surface area contributed by atoms with E-state index in [1.807, 2.05) is 6.07 Å². The molecule has 1 aromatic carbocycles. The van der Waals surface area contributed by atoms with Crippen molar-refractivity contribution in [2.24, 2.45) is 0 Å². The van der Waals surface area contributed by atoms with E-state index in [4.69, 9.17) is 11.6 Å². The summed E-state index contributed by atoms with van der Waals surface area (Å²) in [5.41, 5.74) is 0. The van der Waals surface area contributed by atoms with E-state index in [0.29, 0.717) is 29.0 Å². The van der Waals surface area contributed by atoms with Crippen LogP contribution >= 0.6 is 22.9 Å². The summed E-state index contributed by atoms with van der Waals surface area (Å²) in [6, 6.07) is 5.77. The van der Waals surface area contributed by atoms with Gasteiger partial charge < -0.3 is 5.32 Å². The summed E-state index contributed by atoms with van der Waals surface area (Å²) >= 11 is 7.52. The van der Waals surface area contributed by atoms with Gasteiger partial charge in [0.1, 0.15) is 4.90 Å². The molecule has 2 aliphatic heterocycles. The number of nitrogens with one attached hydrogen (secondary N) is 1. The zero-order valence-corrected chi connectivity index (χ0v) is 15.6. The number of hydrogen-bond acceptors (Lipinski definition) is 5. The van der Waals surface area contributed by atoms with Crippen LogP contribution in [-0.4, -0.2) is 62.9 Å². The van der Waals surface area contributed by atoms with Crippen LogP contribution in [0.1, 0.15) is 6.42 Å². The molecule has 0 saturated carbocycles. The van der Waals surface area contributed by atoms with Crippen molar-refractivity contribution in [3.8, 4) is 0 Å². The highest BCUT2D eigenvalue weighted by Gasteiger charge is 2.36. The third-order valence-electron chi connectivity index (χ3n) is 4.91. The minimum absolute atomic E-state index is 0.329. The van der Waals surface area contributed by atoms with E-state index in [9.17, 15) is 8.42 Å². The fraction of sp³-hybridized carbons (Fsp3) is 0.500. The van der Waals surface area contributed by atoms with Crippen molar-refractivity contribution in [3.05, 3.63) is 28.6 Å². The predicted molar refractivity (Wildman–Crippen MR) is 98.4 cm³/mol. The van der Waals surface area contributed by atoms with Crippen LogP contribution < -0.4 is 5.32 Å². The standard InChI is InChI=1S/C16H20ClN3O2S2/c17-12-1-2-15-14(9-12)16(11-23-15)24(21,22)20-6-3-13(10-20)19-7-4-18-5-8-19/h1-2,9,11,13,18H,3-8,10H2. The number of hydrogen-bond donors (Lipinski definition) is 1. The van der Waals surface area contributed by atoms with E-state index in [0.717, 1.165) is 42.7 Å². The van der Waals surface area contributed by atoms with Crippen LogP contribution in [0.3, 0.4) is 0 Å². The number of thiophene rings is 1. The summed E-state index contributed by atoms with van der Waals surface area (Å²) in [7, 11) is -3.47. The number of nitrogens with zero attached hydrogens (tertiary/aromatic N) is 2. The molecule has 1 N–H and O–H groups in total. The van der Waals surface area contributed by atoms with Crippen molar-refractivity contribution in [2.45, 2.75) is 17.4 Å². The van der Waals surface area contributed by atoms with Crippen LogP contribution in [-0.2, 0) is 10.0 Å². The highest BCUT2D eigenvalue weighted by Crippen LogP contribution is 2.34. The lowest BCUT2D eigenvalue weighted by Crippen LogP contribution is -2.49. The molecule has 1 atom stereocenters. The molecule has 8 heteroatoms. The van der Waals surface area contributed by atoms with E-state index in [1.165, 1.54) is 11.3 Å². The molecule has 2 aromatic rings. The van der Waals surface area contributed by atoms with Crippen molar-refractivity contribution in [3.63, 3.8) is 0 Å². The lowest BCUT2D eigenvalue weighted by Gasteiger charge is -2.32. The molecule has 0 spiro atoms. The Kier molecular flexibility index (Phi) is 4.57. The van der Waals surface area contributed by atoms with E-state index in [1.54, 1.807) is 21.8 Å². The van der Waals surface area contributed by atoms with Gasteiger partial charge in [-0.1, -0.05) is 11.6 Å². The van der Waals surface area contributed by atoms with Gasteiger partial charge in [-0.25, -0.2) is 8.42 Å². The van der Waals surface area contributed by atoms with Crippen LogP contribution in [0.15, 0.2) is 28.5 Å². The van der Waals surface area contributed by atoms with Crippen molar-refractivity contribution in [1.29, 1.82) is 0 Å². The number of halogens is 1. The van der Waals surface area contributed by atoms with Crippen LogP contribution in [0.5, 0.6) is 0 Å². The number of fused-ring (bicyclic) bond motifs is 1. The second-order valence-electron chi connectivity index (χ2n) is 6.33. The van der Waals surface area contributed by atoms with Gasteiger partial charge in [-0.3, -0.25) is 4.90 Å². The van der Waals surface area contributed by atoms with E-state index in [-0.39, 0.29) is 0 Å². The van der Waals surface area contributed by atoms with Gasteiger partial charge in [-0.2, -0.15) is 4.31 Å². The quantitative estimate of drug-likeness (QED) is 0.880. The Morgan fingerprint density at radius 1 is 1.21 bits per heavy atom. The summed E-state index contributed by atoms with van der Waals surface area (Å²) in [5, 5.41) is 6.39.